The lowest BCUT2D eigenvalue weighted by Gasteiger charge is -2.19. The second-order valence-corrected chi connectivity index (χ2v) is 7.40. The van der Waals surface area contributed by atoms with Gasteiger partial charge in [-0.25, -0.2) is 4.99 Å². The van der Waals surface area contributed by atoms with Crippen LogP contribution in [0.15, 0.2) is 35.3 Å². The van der Waals surface area contributed by atoms with Crippen molar-refractivity contribution in [3.05, 3.63) is 47.5 Å². The van der Waals surface area contributed by atoms with Crippen LogP contribution in [0.4, 0.5) is 0 Å². The molecule has 0 aliphatic rings. The first kappa shape index (κ1) is 25.4. The van der Waals surface area contributed by atoms with Gasteiger partial charge < -0.3 is 15.2 Å². The third-order valence-corrected chi connectivity index (χ3v) is 5.08. The van der Waals surface area contributed by atoms with Crippen molar-refractivity contribution in [3.8, 4) is 0 Å². The van der Waals surface area contributed by atoms with Gasteiger partial charge in [-0.2, -0.15) is 0 Å². The lowest BCUT2D eigenvalue weighted by atomic mass is 9.97. The molecule has 1 atom stereocenters. The zero-order chi connectivity index (χ0) is 20.2. The predicted octanol–water partition coefficient (Wildman–Crippen LogP) is 4.58. The third kappa shape index (κ3) is 9.14. The Morgan fingerprint density at radius 1 is 1.07 bits per heavy atom. The molecule has 0 amide bonds. The maximum Gasteiger partial charge on any atom is 0.191 e. The van der Waals surface area contributed by atoms with Crippen molar-refractivity contribution >= 4 is 29.9 Å². The molecule has 1 aromatic carbocycles. The summed E-state index contributed by atoms with van der Waals surface area (Å²) in [5, 5.41) is 15.4. The van der Waals surface area contributed by atoms with Gasteiger partial charge in [0.05, 0.1) is 13.1 Å². The topological polar surface area (TPSA) is 67.1 Å². The Hall–Kier alpha value is -1.64. The van der Waals surface area contributed by atoms with E-state index in [1.54, 1.807) is 0 Å². The maximum atomic E-state index is 4.79. The number of guanidine groups is 1. The Bertz CT molecular complexity index is 713. The van der Waals surface area contributed by atoms with E-state index in [0.717, 1.165) is 24.2 Å². The molecule has 29 heavy (non-hydrogen) atoms. The molecule has 162 valence electrons. The van der Waals surface area contributed by atoms with E-state index in [-0.39, 0.29) is 24.0 Å². The summed E-state index contributed by atoms with van der Waals surface area (Å²) in [6.07, 6.45) is 6.28. The molecule has 7 heteroatoms. The number of unbranched alkanes of at least 4 members (excludes halogenated alkanes) is 1. The summed E-state index contributed by atoms with van der Waals surface area (Å²) in [7, 11) is 1.99. The number of nitrogens with zero attached hydrogens (tertiary/aromatic N) is 4. The van der Waals surface area contributed by atoms with Crippen LogP contribution in [0.5, 0.6) is 0 Å². The summed E-state index contributed by atoms with van der Waals surface area (Å²) in [5.74, 6) is 3.34. The molecule has 2 rings (SSSR count). The molecule has 0 saturated carbocycles. The second kappa shape index (κ2) is 14.4. The van der Waals surface area contributed by atoms with Crippen molar-refractivity contribution in [3.63, 3.8) is 0 Å². The summed E-state index contributed by atoms with van der Waals surface area (Å²) in [4.78, 5) is 4.79. The van der Waals surface area contributed by atoms with Crippen LogP contribution in [0.2, 0.25) is 0 Å². The number of aliphatic imine (C=N–C) groups is 1. The van der Waals surface area contributed by atoms with Crippen LogP contribution in [0.1, 0.15) is 63.2 Å². The minimum atomic E-state index is 0. The molecule has 0 fully saturated rings. The van der Waals surface area contributed by atoms with Crippen molar-refractivity contribution < 1.29 is 0 Å². The highest BCUT2D eigenvalue weighted by atomic mass is 127. The predicted molar refractivity (Wildman–Crippen MR) is 132 cm³/mol. The summed E-state index contributed by atoms with van der Waals surface area (Å²) in [6, 6.07) is 10.3. The normalized spacial score (nSPS) is 12.3. The average molecular weight is 512 g/mol. The number of halogens is 1. The Balaban J connectivity index is 0.00000420. The molecule has 0 radical (unpaired) electrons. The van der Waals surface area contributed by atoms with Gasteiger partial charge in [-0.1, -0.05) is 63.4 Å². The van der Waals surface area contributed by atoms with E-state index >= 15 is 0 Å². The van der Waals surface area contributed by atoms with E-state index in [2.05, 4.69) is 58.9 Å². The van der Waals surface area contributed by atoms with E-state index in [1.807, 2.05) is 24.6 Å². The third-order valence-electron chi connectivity index (χ3n) is 5.08. The molecule has 0 bridgehead atoms. The molecular formula is C22H37IN6. The molecule has 1 heterocycles. The van der Waals surface area contributed by atoms with Gasteiger partial charge in [0.2, 0.25) is 0 Å². The number of nitrogens with one attached hydrogen (secondary N) is 2. The highest BCUT2D eigenvalue weighted by Crippen LogP contribution is 2.13. The van der Waals surface area contributed by atoms with Crippen LogP contribution < -0.4 is 10.6 Å². The minimum absolute atomic E-state index is 0. The van der Waals surface area contributed by atoms with E-state index in [1.165, 1.54) is 37.7 Å². The van der Waals surface area contributed by atoms with Crippen molar-refractivity contribution in [1.29, 1.82) is 0 Å². The van der Waals surface area contributed by atoms with Crippen LogP contribution in [0.25, 0.3) is 0 Å². The summed E-state index contributed by atoms with van der Waals surface area (Å²) in [6.45, 7) is 8.69. The highest BCUT2D eigenvalue weighted by molar-refractivity contribution is 14.0. The van der Waals surface area contributed by atoms with Gasteiger partial charge in [-0.05, 0) is 31.2 Å². The van der Waals surface area contributed by atoms with Crippen LogP contribution in [-0.2, 0) is 20.1 Å². The minimum Gasteiger partial charge on any atom is -0.356 e. The maximum absolute atomic E-state index is 4.79. The number of hydrogen-bond donors (Lipinski definition) is 2. The molecule has 0 aliphatic carbocycles. The first-order valence-corrected chi connectivity index (χ1v) is 10.5. The fourth-order valence-corrected chi connectivity index (χ4v) is 3.19. The van der Waals surface area contributed by atoms with E-state index in [0.29, 0.717) is 19.0 Å². The van der Waals surface area contributed by atoms with Crippen LogP contribution in [-0.4, -0.2) is 27.3 Å². The fraction of sp³-hybridized carbons (Fsp3) is 0.591. The SMILES string of the molecule is CCCCC(CCC)CNC(=NCc1ccccc1)NCc1nnc(C)n1C.I. The van der Waals surface area contributed by atoms with Gasteiger partial charge in [0, 0.05) is 13.6 Å². The average Bonchev–Trinajstić information content (AvgIpc) is 3.04. The zero-order valence-electron chi connectivity index (χ0n) is 18.3. The highest BCUT2D eigenvalue weighted by Gasteiger charge is 2.10. The lowest BCUT2D eigenvalue weighted by molar-refractivity contribution is 0.422. The fourth-order valence-electron chi connectivity index (χ4n) is 3.19. The zero-order valence-corrected chi connectivity index (χ0v) is 20.6. The van der Waals surface area contributed by atoms with Gasteiger partial charge in [0.1, 0.15) is 5.82 Å². The van der Waals surface area contributed by atoms with Crippen LogP contribution in [0.3, 0.4) is 0 Å². The first-order chi connectivity index (χ1) is 13.6. The van der Waals surface area contributed by atoms with Gasteiger partial charge in [-0.15, -0.1) is 34.2 Å². The van der Waals surface area contributed by atoms with Gasteiger partial charge in [0.25, 0.3) is 0 Å². The Morgan fingerprint density at radius 3 is 2.45 bits per heavy atom. The summed E-state index contributed by atoms with van der Waals surface area (Å²) < 4.78 is 2.00. The largest absolute Gasteiger partial charge is 0.356 e. The second-order valence-electron chi connectivity index (χ2n) is 7.40. The summed E-state index contributed by atoms with van der Waals surface area (Å²) in [5.41, 5.74) is 1.20. The molecule has 2 N–H and O–H groups in total. The Kier molecular flexibility index (Phi) is 12.6. The van der Waals surface area contributed by atoms with Crippen molar-refractivity contribution in [1.82, 2.24) is 25.4 Å². The number of aromatic nitrogens is 3. The number of benzene rings is 1. The lowest BCUT2D eigenvalue weighted by Crippen LogP contribution is -2.40. The molecule has 1 unspecified atom stereocenters. The standard InChI is InChI=1S/C22H36N6.HI/c1-5-7-12-19(11-6-2)15-23-22(24-16-20-13-9-8-10-14-20)25-17-21-27-26-18(3)28(21)4;/h8-10,13-14,19H,5-7,11-12,15-17H2,1-4H3,(H2,23,24,25);1H. The number of aryl methyl sites for hydroxylation is 1. The molecule has 6 nitrogen and oxygen atoms in total. The molecule has 0 spiro atoms. The molecule has 1 aromatic heterocycles. The summed E-state index contributed by atoms with van der Waals surface area (Å²) >= 11 is 0. The van der Waals surface area contributed by atoms with E-state index in [9.17, 15) is 0 Å². The van der Waals surface area contributed by atoms with E-state index < -0.39 is 0 Å². The smallest absolute Gasteiger partial charge is 0.191 e. The monoisotopic (exact) mass is 512 g/mol. The molecule has 0 saturated heterocycles. The van der Waals surface area contributed by atoms with Crippen molar-refractivity contribution in [2.45, 2.75) is 66.0 Å². The first-order valence-electron chi connectivity index (χ1n) is 10.5. The number of hydrogen-bond acceptors (Lipinski definition) is 3. The molecule has 2 aromatic rings. The van der Waals surface area contributed by atoms with Crippen molar-refractivity contribution in [2.75, 3.05) is 6.54 Å². The van der Waals surface area contributed by atoms with Crippen molar-refractivity contribution in [2.24, 2.45) is 18.0 Å². The van der Waals surface area contributed by atoms with Gasteiger partial charge in [-0.3, -0.25) is 0 Å². The van der Waals surface area contributed by atoms with E-state index in [4.69, 9.17) is 4.99 Å². The van der Waals surface area contributed by atoms with Gasteiger partial charge >= 0.3 is 0 Å². The quantitative estimate of drug-likeness (QED) is 0.263. The Labute approximate surface area is 193 Å². The van der Waals surface area contributed by atoms with Crippen LogP contribution in [0, 0.1) is 12.8 Å². The Morgan fingerprint density at radius 2 is 1.83 bits per heavy atom. The molecular weight excluding hydrogens is 475 g/mol. The molecule has 0 aliphatic heterocycles. The number of rotatable bonds is 11. The van der Waals surface area contributed by atoms with Gasteiger partial charge in [0.15, 0.2) is 11.8 Å². The van der Waals surface area contributed by atoms with Crippen LogP contribution >= 0.6 is 24.0 Å².